The molecule has 1 saturated heterocycles. The zero-order valence-corrected chi connectivity index (χ0v) is 19.1. The molecule has 1 amide bonds. The van der Waals surface area contributed by atoms with Crippen LogP contribution in [0, 0.1) is 13.8 Å². The predicted octanol–water partition coefficient (Wildman–Crippen LogP) is 5.30. The number of phenolic OH excluding ortho intramolecular Hbond substituents is 1. The largest absolute Gasteiger partial charge is 0.507 e. The first-order valence-electron chi connectivity index (χ1n) is 10.2. The molecule has 0 bridgehead atoms. The highest BCUT2D eigenvalue weighted by atomic mass is 35.5. The summed E-state index contributed by atoms with van der Waals surface area (Å²) < 4.78 is 5.16. The van der Waals surface area contributed by atoms with E-state index in [1.165, 1.54) is 24.1 Å². The van der Waals surface area contributed by atoms with E-state index >= 15 is 0 Å². The van der Waals surface area contributed by atoms with Crippen LogP contribution in [0.15, 0.2) is 66.2 Å². The second-order valence-corrected chi connectivity index (χ2v) is 8.28. The number of halogens is 1. The number of Topliss-reactive ketones (excluding diaryl/α,β-unsaturated/α-hetero) is 1. The molecule has 0 aromatic heterocycles. The number of ketones is 1. The van der Waals surface area contributed by atoms with Crippen LogP contribution in [0.25, 0.3) is 5.76 Å². The molecule has 2 N–H and O–H groups in total. The molecule has 7 heteroatoms. The standard InChI is InChI=1S/C26H22ClNO5/c1-14-4-8-18(12-15(14)2)28-23(17-7-11-21(29)20(27)13-17)22(25(31)26(28)32)24(30)16-5-9-19(33-3)10-6-16/h4-13,23,29-30H,1-3H3/b24-22+. The number of carbonyl (C=O) groups excluding carboxylic acids is 2. The highest BCUT2D eigenvalue weighted by molar-refractivity contribution is 6.51. The molecule has 0 aliphatic carbocycles. The van der Waals surface area contributed by atoms with Crippen molar-refractivity contribution in [3.05, 3.63) is 93.5 Å². The maximum absolute atomic E-state index is 13.2. The van der Waals surface area contributed by atoms with Crippen LogP contribution in [0.3, 0.4) is 0 Å². The lowest BCUT2D eigenvalue weighted by molar-refractivity contribution is -0.132. The van der Waals surface area contributed by atoms with Crippen molar-refractivity contribution in [2.75, 3.05) is 12.0 Å². The first kappa shape index (κ1) is 22.4. The molecule has 1 unspecified atom stereocenters. The first-order chi connectivity index (χ1) is 15.7. The van der Waals surface area contributed by atoms with Gasteiger partial charge in [0.2, 0.25) is 0 Å². The Kier molecular flexibility index (Phi) is 5.87. The summed E-state index contributed by atoms with van der Waals surface area (Å²) in [6.45, 7) is 3.87. The maximum atomic E-state index is 13.2. The number of anilines is 1. The van der Waals surface area contributed by atoms with E-state index in [1.54, 1.807) is 36.4 Å². The van der Waals surface area contributed by atoms with Gasteiger partial charge in [0, 0.05) is 11.3 Å². The van der Waals surface area contributed by atoms with Gasteiger partial charge < -0.3 is 14.9 Å². The molecule has 0 spiro atoms. The predicted molar refractivity (Wildman–Crippen MR) is 127 cm³/mol. The first-order valence-corrected chi connectivity index (χ1v) is 10.6. The Labute approximate surface area is 196 Å². The van der Waals surface area contributed by atoms with E-state index in [-0.39, 0.29) is 22.1 Å². The molecule has 4 rings (SSSR count). The molecule has 0 radical (unpaired) electrons. The lowest BCUT2D eigenvalue weighted by Crippen LogP contribution is -2.29. The Morgan fingerprint density at radius 1 is 0.970 bits per heavy atom. The quantitative estimate of drug-likeness (QED) is 0.311. The second-order valence-electron chi connectivity index (χ2n) is 7.88. The molecular formula is C26H22ClNO5. The maximum Gasteiger partial charge on any atom is 0.300 e. The summed E-state index contributed by atoms with van der Waals surface area (Å²) in [7, 11) is 1.53. The van der Waals surface area contributed by atoms with Crippen molar-refractivity contribution < 1.29 is 24.5 Å². The van der Waals surface area contributed by atoms with Gasteiger partial charge in [-0.15, -0.1) is 0 Å². The second kappa shape index (κ2) is 8.64. The molecule has 6 nitrogen and oxygen atoms in total. The van der Waals surface area contributed by atoms with Gasteiger partial charge in [0.15, 0.2) is 0 Å². The van der Waals surface area contributed by atoms with E-state index in [1.807, 2.05) is 26.0 Å². The minimum absolute atomic E-state index is 0.0647. The van der Waals surface area contributed by atoms with Gasteiger partial charge in [0.1, 0.15) is 17.3 Å². The number of phenols is 1. The number of aliphatic hydroxyl groups excluding tert-OH is 1. The van der Waals surface area contributed by atoms with E-state index in [4.69, 9.17) is 16.3 Å². The van der Waals surface area contributed by atoms with E-state index in [9.17, 15) is 19.8 Å². The number of amides is 1. The van der Waals surface area contributed by atoms with Gasteiger partial charge in [0.25, 0.3) is 11.7 Å². The number of carbonyl (C=O) groups is 2. The lowest BCUT2D eigenvalue weighted by Gasteiger charge is -2.26. The summed E-state index contributed by atoms with van der Waals surface area (Å²) in [5.41, 5.74) is 3.28. The number of rotatable bonds is 4. The number of aryl methyl sites for hydroxylation is 2. The Balaban J connectivity index is 1.95. The Hall–Kier alpha value is -3.77. The van der Waals surface area contributed by atoms with Crippen LogP contribution in [-0.2, 0) is 9.59 Å². The van der Waals surface area contributed by atoms with Gasteiger partial charge in [-0.2, -0.15) is 0 Å². The summed E-state index contributed by atoms with van der Waals surface area (Å²) in [6.07, 6.45) is 0. The SMILES string of the molecule is COc1ccc(/C(O)=C2\C(=O)C(=O)N(c3ccc(C)c(C)c3)C2c2ccc(O)c(Cl)c2)cc1. The van der Waals surface area contributed by atoms with Crippen molar-refractivity contribution in [3.63, 3.8) is 0 Å². The molecule has 3 aromatic rings. The zero-order chi connectivity index (χ0) is 23.9. The molecule has 1 fully saturated rings. The Bertz CT molecular complexity index is 1300. The van der Waals surface area contributed by atoms with Crippen LogP contribution in [0.1, 0.15) is 28.3 Å². The molecule has 1 atom stereocenters. The number of aromatic hydroxyl groups is 1. The minimum atomic E-state index is -0.938. The number of aliphatic hydroxyl groups is 1. The number of ether oxygens (including phenoxy) is 1. The van der Waals surface area contributed by atoms with Gasteiger partial charge >= 0.3 is 0 Å². The van der Waals surface area contributed by atoms with Crippen molar-refractivity contribution >= 4 is 34.7 Å². The number of benzene rings is 3. The minimum Gasteiger partial charge on any atom is -0.507 e. The average Bonchev–Trinajstić information content (AvgIpc) is 3.07. The van der Waals surface area contributed by atoms with Gasteiger partial charge in [-0.3, -0.25) is 14.5 Å². The zero-order valence-electron chi connectivity index (χ0n) is 18.3. The van der Waals surface area contributed by atoms with Crippen molar-refractivity contribution in [3.8, 4) is 11.5 Å². The summed E-state index contributed by atoms with van der Waals surface area (Å²) in [5, 5.41) is 21.1. The molecular weight excluding hydrogens is 442 g/mol. The highest BCUT2D eigenvalue weighted by Crippen LogP contribution is 2.43. The van der Waals surface area contributed by atoms with Crippen LogP contribution in [0.2, 0.25) is 5.02 Å². The Morgan fingerprint density at radius 2 is 1.67 bits per heavy atom. The monoisotopic (exact) mass is 463 g/mol. The van der Waals surface area contributed by atoms with Gasteiger partial charge in [-0.25, -0.2) is 0 Å². The Morgan fingerprint density at radius 3 is 2.27 bits per heavy atom. The molecule has 1 aliphatic rings. The number of methoxy groups -OCH3 is 1. The van der Waals surface area contributed by atoms with Gasteiger partial charge in [0.05, 0.1) is 23.7 Å². The molecule has 3 aromatic carbocycles. The fourth-order valence-electron chi connectivity index (χ4n) is 3.89. The molecule has 0 saturated carbocycles. The summed E-state index contributed by atoms with van der Waals surface area (Å²) >= 11 is 6.15. The van der Waals surface area contributed by atoms with Gasteiger partial charge in [-0.1, -0.05) is 23.7 Å². The number of hydrogen-bond donors (Lipinski definition) is 2. The topological polar surface area (TPSA) is 87.1 Å². The third kappa shape index (κ3) is 3.94. The van der Waals surface area contributed by atoms with E-state index < -0.39 is 17.7 Å². The van der Waals surface area contributed by atoms with Gasteiger partial charge in [-0.05, 0) is 79.1 Å². The fraction of sp³-hybridized carbons (Fsp3) is 0.154. The summed E-state index contributed by atoms with van der Waals surface area (Å²) in [4.78, 5) is 27.8. The number of nitrogens with zero attached hydrogens (tertiary/aromatic N) is 1. The van der Waals surface area contributed by atoms with Crippen LogP contribution >= 0.6 is 11.6 Å². The van der Waals surface area contributed by atoms with Crippen molar-refractivity contribution in [2.45, 2.75) is 19.9 Å². The van der Waals surface area contributed by atoms with E-state index in [0.29, 0.717) is 22.6 Å². The third-order valence-corrected chi connectivity index (χ3v) is 6.17. The lowest BCUT2D eigenvalue weighted by atomic mass is 9.95. The molecule has 1 heterocycles. The van der Waals surface area contributed by atoms with E-state index in [0.717, 1.165) is 11.1 Å². The fourth-order valence-corrected chi connectivity index (χ4v) is 4.08. The van der Waals surface area contributed by atoms with Crippen molar-refractivity contribution in [1.29, 1.82) is 0 Å². The molecule has 33 heavy (non-hydrogen) atoms. The average molecular weight is 464 g/mol. The normalized spacial score (nSPS) is 17.5. The highest BCUT2D eigenvalue weighted by Gasteiger charge is 2.47. The van der Waals surface area contributed by atoms with Crippen LogP contribution < -0.4 is 9.64 Å². The van der Waals surface area contributed by atoms with Crippen LogP contribution in [0.5, 0.6) is 11.5 Å². The van der Waals surface area contributed by atoms with Crippen LogP contribution in [-0.4, -0.2) is 29.0 Å². The van der Waals surface area contributed by atoms with Crippen molar-refractivity contribution in [2.24, 2.45) is 0 Å². The summed E-state index contributed by atoms with van der Waals surface area (Å²) in [6, 6.07) is 15.5. The number of hydrogen-bond acceptors (Lipinski definition) is 5. The summed E-state index contributed by atoms with van der Waals surface area (Å²) in [5.74, 6) is -1.42. The molecule has 1 aliphatic heterocycles. The van der Waals surface area contributed by atoms with Crippen LogP contribution in [0.4, 0.5) is 5.69 Å². The molecule has 168 valence electrons. The smallest absolute Gasteiger partial charge is 0.300 e. The third-order valence-electron chi connectivity index (χ3n) is 5.86. The van der Waals surface area contributed by atoms with E-state index in [2.05, 4.69) is 0 Å². The van der Waals surface area contributed by atoms with Crippen molar-refractivity contribution in [1.82, 2.24) is 0 Å².